The van der Waals surface area contributed by atoms with E-state index in [-0.39, 0.29) is 10.3 Å². The Bertz CT molecular complexity index is 1050. The Kier molecular flexibility index (Phi) is 9.01. The fourth-order valence-corrected chi connectivity index (χ4v) is 4.20. The Labute approximate surface area is 192 Å². The number of nitrogens with zero attached hydrogens (tertiary/aromatic N) is 1. The van der Waals surface area contributed by atoms with Crippen molar-refractivity contribution < 1.29 is 17.9 Å². The van der Waals surface area contributed by atoms with Crippen LogP contribution in [0.5, 0.6) is 5.75 Å². The number of hydrazone groups is 1. The van der Waals surface area contributed by atoms with Crippen molar-refractivity contribution in [1.29, 1.82) is 0 Å². The standard InChI is InChI=1S/C25H34N2O4S/c1-6-7-8-11-16-31-23-13-10-9-12-21(23)22(28)18-26-27-32(29,30)24-17-20(25(3,4)5)15-14-19(24)2/h9-10,12-15,17-18,27H,6-8,11,16H2,1-5H3/b26-18+. The van der Waals surface area contributed by atoms with Crippen LogP contribution in [0.25, 0.3) is 0 Å². The summed E-state index contributed by atoms with van der Waals surface area (Å²) in [6.07, 6.45) is 5.25. The van der Waals surface area contributed by atoms with Crippen molar-refractivity contribution in [3.63, 3.8) is 0 Å². The van der Waals surface area contributed by atoms with Gasteiger partial charge in [0.05, 0.1) is 23.3 Å². The molecule has 0 aliphatic carbocycles. The monoisotopic (exact) mass is 458 g/mol. The average molecular weight is 459 g/mol. The van der Waals surface area contributed by atoms with E-state index >= 15 is 0 Å². The molecule has 0 saturated carbocycles. The molecule has 0 saturated heterocycles. The average Bonchev–Trinajstić information content (AvgIpc) is 2.73. The van der Waals surface area contributed by atoms with E-state index < -0.39 is 15.8 Å². The summed E-state index contributed by atoms with van der Waals surface area (Å²) in [5.74, 6) is 0.0362. The second-order valence-electron chi connectivity index (χ2n) is 8.85. The van der Waals surface area contributed by atoms with E-state index in [0.29, 0.717) is 23.5 Å². The van der Waals surface area contributed by atoms with E-state index in [9.17, 15) is 13.2 Å². The molecule has 0 unspecified atom stereocenters. The minimum absolute atomic E-state index is 0.144. The lowest BCUT2D eigenvalue weighted by Crippen LogP contribution is -2.21. The van der Waals surface area contributed by atoms with E-state index in [4.69, 9.17) is 4.74 Å². The van der Waals surface area contributed by atoms with Gasteiger partial charge in [-0.1, -0.05) is 71.2 Å². The first-order valence-corrected chi connectivity index (χ1v) is 12.5. The van der Waals surface area contributed by atoms with Crippen LogP contribution in [-0.2, 0) is 15.4 Å². The zero-order chi connectivity index (χ0) is 23.8. The van der Waals surface area contributed by atoms with Crippen molar-refractivity contribution in [3.05, 3.63) is 59.2 Å². The van der Waals surface area contributed by atoms with Crippen LogP contribution in [0.15, 0.2) is 52.5 Å². The van der Waals surface area contributed by atoms with Gasteiger partial charge in [-0.15, -0.1) is 0 Å². The molecular formula is C25H34N2O4S. The molecule has 0 fully saturated rings. The molecule has 174 valence electrons. The molecule has 0 atom stereocenters. The van der Waals surface area contributed by atoms with Gasteiger partial charge < -0.3 is 4.74 Å². The highest BCUT2D eigenvalue weighted by atomic mass is 32.2. The molecule has 2 aromatic rings. The van der Waals surface area contributed by atoms with Gasteiger partial charge in [0.2, 0.25) is 5.78 Å². The van der Waals surface area contributed by atoms with Gasteiger partial charge in [-0.05, 0) is 48.1 Å². The number of carbonyl (C=O) groups excluding carboxylic acids is 1. The van der Waals surface area contributed by atoms with Crippen molar-refractivity contribution >= 4 is 22.0 Å². The van der Waals surface area contributed by atoms with E-state index in [1.807, 2.05) is 26.8 Å². The maximum absolute atomic E-state index is 12.8. The third-order valence-corrected chi connectivity index (χ3v) is 6.47. The predicted octanol–water partition coefficient (Wildman–Crippen LogP) is 5.40. The summed E-state index contributed by atoms with van der Waals surface area (Å²) in [5, 5.41) is 3.72. The molecule has 0 bridgehead atoms. The van der Waals surface area contributed by atoms with Crippen LogP contribution in [-0.4, -0.2) is 27.0 Å². The molecule has 2 aromatic carbocycles. The topological polar surface area (TPSA) is 84.8 Å². The molecule has 6 nitrogen and oxygen atoms in total. The highest BCUT2D eigenvalue weighted by molar-refractivity contribution is 7.89. The van der Waals surface area contributed by atoms with E-state index in [2.05, 4.69) is 16.9 Å². The van der Waals surface area contributed by atoms with Gasteiger partial charge in [-0.3, -0.25) is 4.79 Å². The third kappa shape index (κ3) is 7.19. The quantitative estimate of drug-likeness (QED) is 0.211. The summed E-state index contributed by atoms with van der Waals surface area (Å²) in [4.78, 5) is 14.9. The first kappa shape index (κ1) is 25.6. The number of Topliss-reactive ketones (excluding diaryl/α,β-unsaturated/α-hetero) is 1. The Balaban J connectivity index is 2.11. The lowest BCUT2D eigenvalue weighted by Gasteiger charge is -2.20. The van der Waals surface area contributed by atoms with Gasteiger partial charge in [0.1, 0.15) is 5.75 Å². The Hall–Kier alpha value is -2.67. The van der Waals surface area contributed by atoms with Crippen LogP contribution in [0, 0.1) is 6.92 Å². The number of hydrogen-bond acceptors (Lipinski definition) is 5. The fourth-order valence-electron chi connectivity index (χ4n) is 3.14. The first-order valence-electron chi connectivity index (χ1n) is 11.0. The first-order chi connectivity index (χ1) is 15.1. The van der Waals surface area contributed by atoms with Crippen LogP contribution in [0.1, 0.15) is 74.9 Å². The van der Waals surface area contributed by atoms with Gasteiger partial charge >= 0.3 is 0 Å². The van der Waals surface area contributed by atoms with Crippen molar-refractivity contribution in [2.75, 3.05) is 6.61 Å². The fraction of sp³-hybridized carbons (Fsp3) is 0.440. The molecule has 0 heterocycles. The summed E-state index contributed by atoms with van der Waals surface area (Å²) in [7, 11) is -3.92. The highest BCUT2D eigenvalue weighted by Crippen LogP contribution is 2.26. The molecule has 32 heavy (non-hydrogen) atoms. The molecule has 0 spiro atoms. The molecule has 2 rings (SSSR count). The number of carbonyl (C=O) groups is 1. The zero-order valence-corrected chi connectivity index (χ0v) is 20.5. The van der Waals surface area contributed by atoms with Crippen LogP contribution in [0.3, 0.4) is 0 Å². The molecule has 7 heteroatoms. The number of unbranched alkanes of at least 4 members (excludes halogenated alkanes) is 3. The Morgan fingerprint density at radius 1 is 1.09 bits per heavy atom. The van der Waals surface area contributed by atoms with E-state index in [1.54, 1.807) is 43.3 Å². The molecule has 0 aliphatic heterocycles. The molecule has 0 aliphatic rings. The minimum atomic E-state index is -3.92. The molecule has 0 amide bonds. The van der Waals surface area contributed by atoms with Gasteiger partial charge in [0.15, 0.2) is 0 Å². The Morgan fingerprint density at radius 2 is 1.81 bits per heavy atom. The van der Waals surface area contributed by atoms with Crippen LogP contribution in [0.4, 0.5) is 0 Å². The maximum Gasteiger partial charge on any atom is 0.276 e. The van der Waals surface area contributed by atoms with Gasteiger partial charge in [-0.25, -0.2) is 0 Å². The maximum atomic E-state index is 12.8. The van der Waals surface area contributed by atoms with Crippen molar-refractivity contribution in [1.82, 2.24) is 4.83 Å². The summed E-state index contributed by atoms with van der Waals surface area (Å²) in [6.45, 7) is 10.4. The number of nitrogens with one attached hydrogen (secondary N) is 1. The third-order valence-electron chi connectivity index (χ3n) is 5.11. The molecule has 1 N–H and O–H groups in total. The van der Waals surface area contributed by atoms with Gasteiger partial charge in [0.25, 0.3) is 10.0 Å². The largest absolute Gasteiger partial charge is 0.493 e. The van der Waals surface area contributed by atoms with E-state index in [0.717, 1.165) is 37.5 Å². The number of rotatable bonds is 11. The number of hydrogen-bond donors (Lipinski definition) is 1. The van der Waals surface area contributed by atoms with Crippen molar-refractivity contribution in [2.24, 2.45) is 5.10 Å². The SMILES string of the molecule is CCCCCCOc1ccccc1C(=O)/C=N/NS(=O)(=O)c1cc(C(C)(C)C)ccc1C. The van der Waals surface area contributed by atoms with Crippen LogP contribution in [0.2, 0.25) is 0 Å². The van der Waals surface area contributed by atoms with Crippen molar-refractivity contribution in [3.8, 4) is 5.75 Å². The highest BCUT2D eigenvalue weighted by Gasteiger charge is 2.21. The van der Waals surface area contributed by atoms with Gasteiger partial charge in [-0.2, -0.15) is 18.4 Å². The number of sulfonamides is 1. The minimum Gasteiger partial charge on any atom is -0.493 e. The predicted molar refractivity (Wildman–Crippen MR) is 129 cm³/mol. The Morgan fingerprint density at radius 3 is 2.50 bits per heavy atom. The second kappa shape index (κ2) is 11.3. The lowest BCUT2D eigenvalue weighted by atomic mass is 9.87. The summed E-state index contributed by atoms with van der Waals surface area (Å²) < 4.78 is 31.3. The molecule has 0 radical (unpaired) electrons. The summed E-state index contributed by atoms with van der Waals surface area (Å²) in [6, 6.07) is 12.2. The van der Waals surface area contributed by atoms with Crippen molar-refractivity contribution in [2.45, 2.75) is 70.6 Å². The summed E-state index contributed by atoms with van der Waals surface area (Å²) in [5.41, 5.74) is 1.65. The van der Waals surface area contributed by atoms with Crippen LogP contribution < -0.4 is 9.57 Å². The summed E-state index contributed by atoms with van der Waals surface area (Å²) >= 11 is 0. The lowest BCUT2D eigenvalue weighted by molar-refractivity contribution is 0.106. The van der Waals surface area contributed by atoms with Crippen LogP contribution >= 0.6 is 0 Å². The smallest absolute Gasteiger partial charge is 0.276 e. The zero-order valence-electron chi connectivity index (χ0n) is 19.6. The number of aryl methyl sites for hydroxylation is 1. The number of para-hydroxylation sites is 1. The van der Waals surface area contributed by atoms with Gasteiger partial charge in [0, 0.05) is 0 Å². The second-order valence-corrected chi connectivity index (χ2v) is 10.5. The molecular weight excluding hydrogens is 424 g/mol. The molecule has 0 aromatic heterocycles. The normalized spacial score (nSPS) is 12.2. The number of ketones is 1. The number of ether oxygens (including phenoxy) is 1. The number of benzene rings is 2. The van der Waals surface area contributed by atoms with E-state index in [1.165, 1.54) is 0 Å².